The monoisotopic (exact) mass is 382 g/mol. The molecule has 19 heavy (non-hydrogen) atoms. The molecule has 0 aromatic heterocycles. The van der Waals surface area contributed by atoms with Crippen LogP contribution in [0.25, 0.3) is 0 Å². The second-order valence-electron chi connectivity index (χ2n) is 4.13. The van der Waals surface area contributed by atoms with E-state index < -0.39 is 0 Å². The van der Waals surface area contributed by atoms with E-state index >= 15 is 0 Å². The molecule has 0 unspecified atom stereocenters. The molecule has 98 valence electrons. The average Bonchev–Trinajstić information content (AvgIpc) is 2.40. The van der Waals surface area contributed by atoms with Crippen molar-refractivity contribution in [3.63, 3.8) is 0 Å². The lowest BCUT2D eigenvalue weighted by atomic mass is 10.1. The van der Waals surface area contributed by atoms with E-state index in [0.29, 0.717) is 5.11 Å². The second-order valence-corrected chi connectivity index (χ2v) is 5.78. The maximum absolute atomic E-state index is 5.27. The molecule has 2 aromatic carbocycles. The van der Waals surface area contributed by atoms with Crippen molar-refractivity contribution in [1.29, 1.82) is 0 Å². The first-order chi connectivity index (χ1) is 9.24. The zero-order valence-corrected chi connectivity index (χ0v) is 13.4. The Morgan fingerprint density at radius 3 is 2.58 bits per heavy atom. The summed E-state index contributed by atoms with van der Waals surface area (Å²) in [6, 6.07) is 18.5. The highest BCUT2D eigenvalue weighted by Crippen LogP contribution is 2.12. The summed E-state index contributed by atoms with van der Waals surface area (Å²) in [6.07, 6.45) is 0.967. The Hall–Kier alpha value is -1.14. The number of thiocarbonyl (C=S) groups is 1. The Balaban J connectivity index is 1.76. The van der Waals surface area contributed by atoms with Crippen LogP contribution in [0.4, 0.5) is 5.69 Å². The molecule has 2 rings (SSSR count). The van der Waals surface area contributed by atoms with E-state index in [-0.39, 0.29) is 0 Å². The molecule has 0 saturated carbocycles. The number of benzene rings is 2. The number of nitrogens with one attached hydrogen (secondary N) is 2. The van der Waals surface area contributed by atoms with Crippen molar-refractivity contribution in [3.05, 3.63) is 63.7 Å². The molecular formula is C15H15IN2S. The lowest BCUT2D eigenvalue weighted by molar-refractivity contribution is 0.873. The Kier molecular flexibility index (Phi) is 5.60. The van der Waals surface area contributed by atoms with Gasteiger partial charge in [-0.2, -0.15) is 0 Å². The van der Waals surface area contributed by atoms with Gasteiger partial charge < -0.3 is 10.6 Å². The number of rotatable bonds is 4. The van der Waals surface area contributed by atoms with Crippen molar-refractivity contribution in [2.24, 2.45) is 0 Å². The molecule has 0 aliphatic heterocycles. The van der Waals surface area contributed by atoms with Crippen LogP contribution in [0.15, 0.2) is 54.6 Å². The van der Waals surface area contributed by atoms with Gasteiger partial charge in [-0.3, -0.25) is 0 Å². The predicted octanol–water partition coefficient (Wildman–Crippen LogP) is 3.82. The highest BCUT2D eigenvalue weighted by Gasteiger charge is 1.98. The second kappa shape index (κ2) is 7.45. The van der Waals surface area contributed by atoms with Crippen LogP contribution in [0.3, 0.4) is 0 Å². The fraction of sp³-hybridized carbons (Fsp3) is 0.133. The quantitative estimate of drug-likeness (QED) is 0.621. The molecule has 0 atom stereocenters. The van der Waals surface area contributed by atoms with E-state index in [4.69, 9.17) is 12.2 Å². The molecule has 4 heteroatoms. The Morgan fingerprint density at radius 1 is 1.05 bits per heavy atom. The highest BCUT2D eigenvalue weighted by atomic mass is 127. The third-order valence-electron chi connectivity index (χ3n) is 2.62. The minimum atomic E-state index is 0.665. The first-order valence-corrected chi connectivity index (χ1v) is 7.57. The van der Waals surface area contributed by atoms with Gasteiger partial charge in [0.05, 0.1) is 0 Å². The van der Waals surface area contributed by atoms with E-state index in [1.165, 1.54) is 9.13 Å². The summed E-state index contributed by atoms with van der Waals surface area (Å²) in [4.78, 5) is 0. The van der Waals surface area contributed by atoms with Gasteiger partial charge in [-0.15, -0.1) is 0 Å². The van der Waals surface area contributed by atoms with Crippen molar-refractivity contribution in [1.82, 2.24) is 5.32 Å². The molecule has 0 spiro atoms. The third-order valence-corrected chi connectivity index (χ3v) is 3.54. The van der Waals surface area contributed by atoms with Crippen LogP contribution >= 0.6 is 34.8 Å². The molecule has 2 N–H and O–H groups in total. The molecule has 0 heterocycles. The molecule has 0 bridgehead atoms. The molecular weight excluding hydrogens is 367 g/mol. The van der Waals surface area contributed by atoms with Crippen LogP contribution in [0.5, 0.6) is 0 Å². The van der Waals surface area contributed by atoms with E-state index in [1.807, 2.05) is 18.2 Å². The van der Waals surface area contributed by atoms with Gasteiger partial charge in [-0.1, -0.05) is 36.4 Å². The van der Waals surface area contributed by atoms with Crippen molar-refractivity contribution < 1.29 is 0 Å². The molecule has 0 aliphatic carbocycles. The van der Waals surface area contributed by atoms with E-state index in [9.17, 15) is 0 Å². The van der Waals surface area contributed by atoms with Crippen LogP contribution in [0.1, 0.15) is 5.56 Å². The molecule has 0 amide bonds. The van der Waals surface area contributed by atoms with Crippen LogP contribution in [-0.4, -0.2) is 11.7 Å². The minimum absolute atomic E-state index is 0.665. The van der Waals surface area contributed by atoms with Gasteiger partial charge >= 0.3 is 0 Å². The lowest BCUT2D eigenvalue weighted by Gasteiger charge is -2.10. The largest absolute Gasteiger partial charge is 0.362 e. The summed E-state index contributed by atoms with van der Waals surface area (Å²) >= 11 is 7.55. The van der Waals surface area contributed by atoms with Gasteiger partial charge in [0, 0.05) is 15.8 Å². The highest BCUT2D eigenvalue weighted by molar-refractivity contribution is 14.1. The Labute approximate surface area is 132 Å². The molecule has 0 aliphatic rings. The molecule has 2 nitrogen and oxygen atoms in total. The summed E-state index contributed by atoms with van der Waals surface area (Å²) in [5, 5.41) is 7.07. The normalized spacial score (nSPS) is 9.95. The van der Waals surface area contributed by atoms with Crippen LogP contribution in [0, 0.1) is 3.57 Å². The van der Waals surface area contributed by atoms with Crippen molar-refractivity contribution >= 4 is 45.6 Å². The Morgan fingerprint density at radius 2 is 1.84 bits per heavy atom. The molecule has 0 saturated heterocycles. The van der Waals surface area contributed by atoms with Crippen LogP contribution in [0.2, 0.25) is 0 Å². The van der Waals surface area contributed by atoms with Crippen molar-refractivity contribution in [2.75, 3.05) is 11.9 Å². The first kappa shape index (κ1) is 14.3. The summed E-state index contributed by atoms with van der Waals surface area (Å²) in [5.41, 5.74) is 2.33. The summed E-state index contributed by atoms with van der Waals surface area (Å²) in [7, 11) is 0. The maximum atomic E-state index is 5.27. The minimum Gasteiger partial charge on any atom is -0.362 e. The lowest BCUT2D eigenvalue weighted by Crippen LogP contribution is -2.30. The third kappa shape index (κ3) is 5.16. The van der Waals surface area contributed by atoms with Crippen molar-refractivity contribution in [3.8, 4) is 0 Å². The fourth-order valence-corrected chi connectivity index (χ4v) is 2.47. The fourth-order valence-electron chi connectivity index (χ4n) is 1.71. The van der Waals surface area contributed by atoms with E-state index in [0.717, 1.165) is 18.7 Å². The number of anilines is 1. The first-order valence-electron chi connectivity index (χ1n) is 6.08. The van der Waals surface area contributed by atoms with Gasteiger partial charge in [0.15, 0.2) is 5.11 Å². The van der Waals surface area contributed by atoms with Crippen LogP contribution < -0.4 is 10.6 Å². The van der Waals surface area contributed by atoms with E-state index in [2.05, 4.69) is 69.6 Å². The van der Waals surface area contributed by atoms with Gasteiger partial charge in [0.2, 0.25) is 0 Å². The number of hydrogen-bond acceptors (Lipinski definition) is 1. The summed E-state index contributed by atoms with van der Waals surface area (Å²) in [5.74, 6) is 0. The molecule has 0 radical (unpaired) electrons. The van der Waals surface area contributed by atoms with Gasteiger partial charge in [-0.25, -0.2) is 0 Å². The smallest absolute Gasteiger partial charge is 0.170 e. The SMILES string of the molecule is S=C(NCCc1ccccc1)Nc1cccc(I)c1. The maximum Gasteiger partial charge on any atom is 0.170 e. The topological polar surface area (TPSA) is 24.1 Å². The van der Waals surface area contributed by atoms with Gasteiger partial charge in [-0.05, 0) is 65.0 Å². The predicted molar refractivity (Wildman–Crippen MR) is 93.5 cm³/mol. The number of hydrogen-bond donors (Lipinski definition) is 2. The summed E-state index contributed by atoms with van der Waals surface area (Å²) < 4.78 is 1.19. The molecule has 0 fully saturated rings. The standard InChI is InChI=1S/C15H15IN2S/c16-13-7-4-8-14(11-13)18-15(19)17-10-9-12-5-2-1-3-6-12/h1-8,11H,9-10H2,(H2,17,18,19). The summed E-state index contributed by atoms with van der Waals surface area (Å²) in [6.45, 7) is 0.833. The van der Waals surface area contributed by atoms with Gasteiger partial charge in [0.25, 0.3) is 0 Å². The van der Waals surface area contributed by atoms with E-state index in [1.54, 1.807) is 0 Å². The number of halogens is 1. The Bertz CT molecular complexity index is 543. The molecule has 2 aromatic rings. The van der Waals surface area contributed by atoms with Gasteiger partial charge in [0.1, 0.15) is 0 Å². The van der Waals surface area contributed by atoms with Crippen LogP contribution in [-0.2, 0) is 6.42 Å². The zero-order chi connectivity index (χ0) is 13.5. The zero-order valence-electron chi connectivity index (χ0n) is 10.4. The average molecular weight is 382 g/mol. The van der Waals surface area contributed by atoms with Crippen molar-refractivity contribution in [2.45, 2.75) is 6.42 Å².